The maximum Gasteiger partial charge on any atom is 0.134 e. The number of Topliss-reactive ketones (excluding diaryl/α,β-unsaturated/α-hetero) is 1. The molecule has 0 aromatic heterocycles. The van der Waals surface area contributed by atoms with E-state index in [0.717, 1.165) is 16.9 Å². The fourth-order valence-corrected chi connectivity index (χ4v) is 1.73. The molecular weight excluding hydrogens is 212 g/mol. The summed E-state index contributed by atoms with van der Waals surface area (Å²) in [6, 6.07) is 5.69. The molecule has 0 bridgehead atoms. The van der Waals surface area contributed by atoms with Crippen LogP contribution in [0.3, 0.4) is 0 Å². The highest BCUT2D eigenvalue weighted by molar-refractivity contribution is 6.17. The van der Waals surface area contributed by atoms with Crippen LogP contribution in [0, 0.1) is 0 Å². The van der Waals surface area contributed by atoms with Crippen molar-refractivity contribution in [3.8, 4) is 5.75 Å². The fraction of sp³-hybridized carbons (Fsp3) is 0.417. The third-order valence-corrected chi connectivity index (χ3v) is 2.39. The van der Waals surface area contributed by atoms with Gasteiger partial charge in [-0.3, -0.25) is 4.79 Å². The number of alkyl halides is 1. The van der Waals surface area contributed by atoms with Crippen LogP contribution in [0.25, 0.3) is 0 Å². The molecule has 15 heavy (non-hydrogen) atoms. The average molecular weight is 227 g/mol. The van der Waals surface area contributed by atoms with E-state index in [1.807, 2.05) is 25.1 Å². The van der Waals surface area contributed by atoms with Crippen molar-refractivity contribution in [1.82, 2.24) is 0 Å². The topological polar surface area (TPSA) is 26.3 Å². The van der Waals surface area contributed by atoms with E-state index in [4.69, 9.17) is 16.3 Å². The van der Waals surface area contributed by atoms with Crippen molar-refractivity contribution in [2.24, 2.45) is 0 Å². The maximum atomic E-state index is 11.1. The van der Waals surface area contributed by atoms with Crippen LogP contribution in [0.15, 0.2) is 18.2 Å². The summed E-state index contributed by atoms with van der Waals surface area (Å²) in [5.41, 5.74) is 1.89. The lowest BCUT2D eigenvalue weighted by molar-refractivity contribution is -0.116. The summed E-state index contributed by atoms with van der Waals surface area (Å²) >= 11 is 5.82. The third-order valence-electron chi connectivity index (χ3n) is 2.10. The largest absolute Gasteiger partial charge is 0.494 e. The molecular formula is C12H15ClO2. The van der Waals surface area contributed by atoms with Gasteiger partial charge in [0.25, 0.3) is 0 Å². The van der Waals surface area contributed by atoms with E-state index >= 15 is 0 Å². The van der Waals surface area contributed by atoms with Crippen LogP contribution in [-0.4, -0.2) is 12.4 Å². The van der Waals surface area contributed by atoms with Crippen LogP contribution < -0.4 is 4.74 Å². The number of halogens is 1. The van der Waals surface area contributed by atoms with Crippen LogP contribution in [0.2, 0.25) is 0 Å². The van der Waals surface area contributed by atoms with Crippen molar-refractivity contribution in [1.29, 1.82) is 0 Å². The lowest BCUT2D eigenvalue weighted by Gasteiger charge is -2.12. The Morgan fingerprint density at radius 1 is 1.47 bits per heavy atom. The molecule has 0 N–H and O–H groups in total. The predicted octanol–water partition coefficient (Wildman–Crippen LogP) is 2.96. The van der Waals surface area contributed by atoms with Gasteiger partial charge in [0.1, 0.15) is 11.5 Å². The van der Waals surface area contributed by atoms with E-state index in [2.05, 4.69) is 0 Å². The number of hydrogen-bond acceptors (Lipinski definition) is 2. The Balaban J connectivity index is 3.08. The highest BCUT2D eigenvalue weighted by Gasteiger charge is 2.10. The number of ketones is 1. The van der Waals surface area contributed by atoms with Gasteiger partial charge < -0.3 is 4.74 Å². The molecule has 2 nitrogen and oxygen atoms in total. The van der Waals surface area contributed by atoms with Gasteiger partial charge in [-0.25, -0.2) is 0 Å². The van der Waals surface area contributed by atoms with Crippen molar-refractivity contribution < 1.29 is 9.53 Å². The molecule has 1 rings (SSSR count). The number of carbonyl (C=O) groups is 1. The van der Waals surface area contributed by atoms with Gasteiger partial charge in [-0.1, -0.05) is 12.1 Å². The first-order chi connectivity index (χ1) is 7.19. The average Bonchev–Trinajstić information content (AvgIpc) is 2.20. The van der Waals surface area contributed by atoms with Crippen LogP contribution in [0.1, 0.15) is 25.0 Å². The van der Waals surface area contributed by atoms with Crippen molar-refractivity contribution in [2.45, 2.75) is 26.1 Å². The number of rotatable bonds is 5. The van der Waals surface area contributed by atoms with Gasteiger partial charge in [0.05, 0.1) is 6.61 Å². The summed E-state index contributed by atoms with van der Waals surface area (Å²) in [5, 5.41) is 0. The molecule has 0 heterocycles. The second kappa shape index (κ2) is 5.76. The summed E-state index contributed by atoms with van der Waals surface area (Å²) in [4.78, 5) is 11.1. The maximum absolute atomic E-state index is 11.1. The number of carbonyl (C=O) groups excluding carboxylic acids is 1. The molecule has 0 aliphatic heterocycles. The van der Waals surface area contributed by atoms with E-state index in [-0.39, 0.29) is 5.78 Å². The molecule has 3 heteroatoms. The molecule has 1 aromatic carbocycles. The molecule has 82 valence electrons. The molecule has 0 aliphatic carbocycles. The monoisotopic (exact) mass is 226 g/mol. The Bertz CT molecular complexity index is 347. The Morgan fingerprint density at radius 2 is 2.20 bits per heavy atom. The lowest BCUT2D eigenvalue weighted by atomic mass is 10.0. The molecule has 0 saturated carbocycles. The fourth-order valence-electron chi connectivity index (χ4n) is 1.48. The van der Waals surface area contributed by atoms with Crippen LogP contribution in [-0.2, 0) is 17.1 Å². The molecule has 1 aromatic rings. The normalized spacial score (nSPS) is 10.1. The summed E-state index contributed by atoms with van der Waals surface area (Å²) < 4.78 is 5.47. The SMILES string of the molecule is CCOc1cccc(CCl)c1CC(C)=O. The second-order valence-electron chi connectivity index (χ2n) is 3.34. The van der Waals surface area contributed by atoms with Gasteiger partial charge in [-0.15, -0.1) is 11.6 Å². The van der Waals surface area contributed by atoms with Crippen molar-refractivity contribution in [2.75, 3.05) is 6.61 Å². The zero-order valence-corrected chi connectivity index (χ0v) is 9.80. The quantitative estimate of drug-likeness (QED) is 0.722. The van der Waals surface area contributed by atoms with Gasteiger partial charge >= 0.3 is 0 Å². The number of hydrogen-bond donors (Lipinski definition) is 0. The zero-order valence-electron chi connectivity index (χ0n) is 9.05. The van der Waals surface area contributed by atoms with Crippen molar-refractivity contribution in [3.63, 3.8) is 0 Å². The summed E-state index contributed by atoms with van der Waals surface area (Å²) in [7, 11) is 0. The van der Waals surface area contributed by atoms with Gasteiger partial charge in [0, 0.05) is 17.9 Å². The molecule has 0 fully saturated rings. The standard InChI is InChI=1S/C12H15ClO2/c1-3-15-12-6-4-5-10(8-13)11(12)7-9(2)14/h4-6H,3,7-8H2,1-2H3. The minimum absolute atomic E-state index is 0.119. The second-order valence-corrected chi connectivity index (χ2v) is 3.61. The minimum Gasteiger partial charge on any atom is -0.494 e. The summed E-state index contributed by atoms with van der Waals surface area (Å²) in [6.07, 6.45) is 0.387. The van der Waals surface area contributed by atoms with Crippen LogP contribution in [0.5, 0.6) is 5.75 Å². The molecule has 0 aliphatic rings. The van der Waals surface area contributed by atoms with Gasteiger partial charge in [0.2, 0.25) is 0 Å². The minimum atomic E-state index is 0.119. The first-order valence-corrected chi connectivity index (χ1v) is 5.51. The zero-order chi connectivity index (χ0) is 11.3. The molecule has 0 saturated heterocycles. The predicted molar refractivity (Wildman–Crippen MR) is 61.6 cm³/mol. The van der Waals surface area contributed by atoms with Crippen molar-refractivity contribution in [3.05, 3.63) is 29.3 Å². The van der Waals surface area contributed by atoms with Crippen molar-refractivity contribution >= 4 is 17.4 Å². The lowest BCUT2D eigenvalue weighted by Crippen LogP contribution is -2.04. The smallest absolute Gasteiger partial charge is 0.134 e. The first-order valence-electron chi connectivity index (χ1n) is 4.98. The van der Waals surface area contributed by atoms with Gasteiger partial charge in [-0.05, 0) is 25.5 Å². The molecule has 0 spiro atoms. The van der Waals surface area contributed by atoms with Gasteiger partial charge in [-0.2, -0.15) is 0 Å². The Morgan fingerprint density at radius 3 is 2.73 bits per heavy atom. The highest BCUT2D eigenvalue weighted by Crippen LogP contribution is 2.24. The van der Waals surface area contributed by atoms with E-state index in [9.17, 15) is 4.79 Å². The Labute approximate surface area is 95.2 Å². The van der Waals surface area contributed by atoms with E-state index in [1.165, 1.54) is 0 Å². The number of ether oxygens (including phenoxy) is 1. The molecule has 0 radical (unpaired) electrons. The van der Waals surface area contributed by atoms with E-state index in [0.29, 0.717) is 18.9 Å². The summed E-state index contributed by atoms with van der Waals surface area (Å²) in [6.45, 7) is 4.09. The third kappa shape index (κ3) is 3.24. The summed E-state index contributed by atoms with van der Waals surface area (Å²) in [5.74, 6) is 1.29. The van der Waals surface area contributed by atoms with E-state index in [1.54, 1.807) is 6.92 Å². The van der Waals surface area contributed by atoms with Gasteiger partial charge in [0.15, 0.2) is 0 Å². The molecule has 0 unspecified atom stereocenters. The Kier molecular flexibility index (Phi) is 4.63. The van der Waals surface area contributed by atoms with Crippen LogP contribution in [0.4, 0.5) is 0 Å². The molecule has 0 atom stereocenters. The first kappa shape index (κ1) is 12.1. The Hall–Kier alpha value is -1.02. The van der Waals surface area contributed by atoms with E-state index < -0.39 is 0 Å². The van der Waals surface area contributed by atoms with Crippen LogP contribution >= 0.6 is 11.6 Å². The number of benzene rings is 1. The molecule has 0 amide bonds. The highest BCUT2D eigenvalue weighted by atomic mass is 35.5.